The van der Waals surface area contributed by atoms with Crippen molar-refractivity contribution in [2.24, 2.45) is 0 Å². The van der Waals surface area contributed by atoms with Crippen molar-refractivity contribution < 1.29 is 13.6 Å². The molecule has 0 spiro atoms. The number of aryl methyl sites for hydroxylation is 1. The van der Waals surface area contributed by atoms with Gasteiger partial charge in [0, 0.05) is 18.5 Å². The molecule has 0 fully saturated rings. The van der Waals surface area contributed by atoms with Crippen LogP contribution in [-0.4, -0.2) is 22.1 Å². The highest BCUT2D eigenvalue weighted by Crippen LogP contribution is 2.10. The Morgan fingerprint density at radius 2 is 2.20 bits per heavy atom. The van der Waals surface area contributed by atoms with Gasteiger partial charge >= 0.3 is 4.87 Å². The number of carbonyl (C=O) groups excluding carboxylic acids is 1. The van der Waals surface area contributed by atoms with Crippen molar-refractivity contribution in [3.63, 3.8) is 0 Å². The SMILES string of the molecule is O=C(Nc1cc(F)c(=O)n(CCF)c1)c1c[nH]c(=O)s1. The zero-order chi connectivity index (χ0) is 14.7. The Labute approximate surface area is 114 Å². The first-order chi connectivity index (χ1) is 9.51. The highest BCUT2D eigenvalue weighted by molar-refractivity contribution is 7.11. The summed E-state index contributed by atoms with van der Waals surface area (Å²) in [6.45, 7) is -1.15. The van der Waals surface area contributed by atoms with Crippen LogP contribution >= 0.6 is 11.3 Å². The van der Waals surface area contributed by atoms with Gasteiger partial charge in [-0.1, -0.05) is 11.3 Å². The molecule has 0 unspecified atom stereocenters. The highest BCUT2D eigenvalue weighted by atomic mass is 32.1. The molecule has 1 amide bonds. The molecule has 0 radical (unpaired) electrons. The van der Waals surface area contributed by atoms with Gasteiger partial charge in [-0.15, -0.1) is 0 Å². The summed E-state index contributed by atoms with van der Waals surface area (Å²) < 4.78 is 26.4. The predicted octanol–water partition coefficient (Wildman–Crippen LogP) is 0.959. The van der Waals surface area contributed by atoms with Crippen LogP contribution in [-0.2, 0) is 6.54 Å². The minimum Gasteiger partial charge on any atom is -0.320 e. The van der Waals surface area contributed by atoms with Crippen molar-refractivity contribution in [2.75, 3.05) is 12.0 Å². The van der Waals surface area contributed by atoms with Crippen LogP contribution < -0.4 is 15.7 Å². The average Bonchev–Trinajstić information content (AvgIpc) is 2.82. The quantitative estimate of drug-likeness (QED) is 0.882. The summed E-state index contributed by atoms with van der Waals surface area (Å²) in [7, 11) is 0. The second-order valence-electron chi connectivity index (χ2n) is 3.76. The number of aromatic amines is 1. The molecule has 2 heterocycles. The molecule has 6 nitrogen and oxygen atoms in total. The maximum atomic E-state index is 13.4. The van der Waals surface area contributed by atoms with Crippen LogP contribution in [0.3, 0.4) is 0 Å². The van der Waals surface area contributed by atoms with E-state index >= 15 is 0 Å². The fourth-order valence-corrected chi connectivity index (χ4v) is 2.09. The third-order valence-electron chi connectivity index (χ3n) is 2.37. The maximum absolute atomic E-state index is 13.4. The Balaban J connectivity index is 2.27. The molecule has 2 aromatic rings. The molecule has 106 valence electrons. The van der Waals surface area contributed by atoms with Crippen LogP contribution in [0.25, 0.3) is 0 Å². The Morgan fingerprint density at radius 3 is 2.80 bits per heavy atom. The number of anilines is 1. The zero-order valence-electron chi connectivity index (χ0n) is 9.98. The maximum Gasteiger partial charge on any atom is 0.305 e. The zero-order valence-corrected chi connectivity index (χ0v) is 10.8. The number of nitrogens with zero attached hydrogens (tertiary/aromatic N) is 1. The summed E-state index contributed by atoms with van der Waals surface area (Å²) in [5, 5.41) is 2.33. The lowest BCUT2D eigenvalue weighted by atomic mass is 10.3. The summed E-state index contributed by atoms with van der Waals surface area (Å²) in [5.74, 6) is -1.73. The monoisotopic (exact) mass is 301 g/mol. The van der Waals surface area contributed by atoms with E-state index in [2.05, 4.69) is 10.3 Å². The summed E-state index contributed by atoms with van der Waals surface area (Å²) >= 11 is 0.691. The molecule has 2 aromatic heterocycles. The number of halogens is 2. The molecular weight excluding hydrogens is 292 g/mol. The number of alkyl halides is 1. The van der Waals surface area contributed by atoms with Gasteiger partial charge in [0.25, 0.3) is 11.5 Å². The normalized spacial score (nSPS) is 10.5. The minimum absolute atomic E-state index is 0.00130. The predicted molar refractivity (Wildman–Crippen MR) is 69.5 cm³/mol. The number of hydrogen-bond donors (Lipinski definition) is 2. The second-order valence-corrected chi connectivity index (χ2v) is 4.78. The van der Waals surface area contributed by atoms with E-state index in [9.17, 15) is 23.2 Å². The molecule has 0 aromatic carbocycles. The Hall–Kier alpha value is -2.29. The minimum atomic E-state index is -1.10. The number of thiazole rings is 1. The molecule has 0 bridgehead atoms. The van der Waals surface area contributed by atoms with Crippen LogP contribution in [0.4, 0.5) is 14.5 Å². The number of aromatic nitrogens is 2. The molecule has 0 aliphatic heterocycles. The highest BCUT2D eigenvalue weighted by Gasteiger charge is 2.12. The summed E-state index contributed by atoms with van der Waals surface area (Å²) in [4.78, 5) is 36.0. The van der Waals surface area contributed by atoms with Crippen molar-refractivity contribution in [1.82, 2.24) is 9.55 Å². The lowest BCUT2D eigenvalue weighted by molar-refractivity contribution is 0.103. The van der Waals surface area contributed by atoms with Gasteiger partial charge in [-0.3, -0.25) is 14.4 Å². The van der Waals surface area contributed by atoms with Gasteiger partial charge in [-0.25, -0.2) is 8.78 Å². The van der Waals surface area contributed by atoms with E-state index in [1.807, 2.05) is 0 Å². The molecule has 0 aliphatic carbocycles. The third kappa shape index (κ3) is 2.99. The fraction of sp³-hybridized carbons (Fsp3) is 0.182. The molecule has 2 N–H and O–H groups in total. The summed E-state index contributed by atoms with van der Waals surface area (Å²) in [5.41, 5.74) is -0.964. The molecule has 0 aliphatic rings. The van der Waals surface area contributed by atoms with Gasteiger partial charge in [0.05, 0.1) is 12.2 Å². The van der Waals surface area contributed by atoms with E-state index in [1.165, 1.54) is 6.20 Å². The van der Waals surface area contributed by atoms with Gasteiger partial charge in [-0.2, -0.15) is 0 Å². The van der Waals surface area contributed by atoms with Crippen molar-refractivity contribution in [3.8, 4) is 0 Å². The Morgan fingerprint density at radius 1 is 1.45 bits per heavy atom. The van der Waals surface area contributed by atoms with Crippen LogP contribution in [0.2, 0.25) is 0 Å². The van der Waals surface area contributed by atoms with E-state index in [1.54, 1.807) is 0 Å². The van der Waals surface area contributed by atoms with Crippen LogP contribution in [0.5, 0.6) is 0 Å². The Kier molecular flexibility index (Phi) is 4.08. The van der Waals surface area contributed by atoms with Crippen molar-refractivity contribution in [2.45, 2.75) is 6.54 Å². The molecular formula is C11H9F2N3O3S. The molecule has 20 heavy (non-hydrogen) atoms. The number of rotatable bonds is 4. The molecule has 0 saturated heterocycles. The third-order valence-corrected chi connectivity index (χ3v) is 3.20. The lowest BCUT2D eigenvalue weighted by Gasteiger charge is -2.08. The van der Waals surface area contributed by atoms with Crippen LogP contribution in [0, 0.1) is 5.82 Å². The van der Waals surface area contributed by atoms with Gasteiger partial charge in [0.15, 0.2) is 5.82 Å². The molecule has 0 atom stereocenters. The van der Waals surface area contributed by atoms with E-state index in [-0.39, 0.29) is 17.1 Å². The number of hydrogen-bond acceptors (Lipinski definition) is 4. The standard InChI is InChI=1S/C11H9F2N3O3S/c12-1-2-16-5-6(3-7(13)10(16)18)15-9(17)8-4-14-11(19)20-8/h3-5H,1-2H2,(H,14,19)(H,15,17). The van der Waals surface area contributed by atoms with Crippen molar-refractivity contribution in [1.29, 1.82) is 0 Å². The van der Waals surface area contributed by atoms with E-state index in [0.717, 1.165) is 16.8 Å². The first-order valence-electron chi connectivity index (χ1n) is 5.47. The molecule has 2 rings (SSSR count). The van der Waals surface area contributed by atoms with Crippen LogP contribution in [0.15, 0.2) is 28.0 Å². The number of pyridine rings is 1. The molecule has 9 heteroatoms. The largest absolute Gasteiger partial charge is 0.320 e. The first-order valence-corrected chi connectivity index (χ1v) is 6.28. The topological polar surface area (TPSA) is 84.0 Å². The van der Waals surface area contributed by atoms with Crippen molar-refractivity contribution >= 4 is 22.9 Å². The van der Waals surface area contributed by atoms with Gasteiger partial charge < -0.3 is 14.9 Å². The summed E-state index contributed by atoms with van der Waals surface area (Å²) in [6, 6.07) is 0.838. The first kappa shape index (κ1) is 14.1. The van der Waals surface area contributed by atoms with Gasteiger partial charge in [0.1, 0.15) is 11.6 Å². The van der Waals surface area contributed by atoms with Gasteiger partial charge in [-0.05, 0) is 0 Å². The smallest absolute Gasteiger partial charge is 0.305 e. The average molecular weight is 301 g/mol. The number of carbonyl (C=O) groups is 1. The lowest BCUT2D eigenvalue weighted by Crippen LogP contribution is -2.24. The van der Waals surface area contributed by atoms with Gasteiger partial charge in [0.2, 0.25) is 0 Å². The number of H-pyrrole nitrogens is 1. The van der Waals surface area contributed by atoms with E-state index in [0.29, 0.717) is 11.3 Å². The number of amides is 1. The van der Waals surface area contributed by atoms with Crippen molar-refractivity contribution in [3.05, 3.63) is 49.2 Å². The van der Waals surface area contributed by atoms with E-state index in [4.69, 9.17) is 0 Å². The van der Waals surface area contributed by atoms with E-state index < -0.39 is 28.8 Å². The van der Waals surface area contributed by atoms with Crippen LogP contribution in [0.1, 0.15) is 9.67 Å². The fourth-order valence-electron chi connectivity index (χ4n) is 1.51. The summed E-state index contributed by atoms with van der Waals surface area (Å²) in [6.07, 6.45) is 2.36. The second kappa shape index (κ2) is 5.78. The number of nitrogens with one attached hydrogen (secondary N) is 2. The Bertz CT molecular complexity index is 750. The molecule has 0 saturated carbocycles.